The van der Waals surface area contributed by atoms with Crippen molar-refractivity contribution in [3.8, 4) is 0 Å². The first-order valence-corrected chi connectivity index (χ1v) is 8.37. The van der Waals surface area contributed by atoms with E-state index in [-0.39, 0.29) is 17.9 Å². The van der Waals surface area contributed by atoms with Gasteiger partial charge < -0.3 is 15.2 Å². The van der Waals surface area contributed by atoms with Crippen molar-refractivity contribution in [1.29, 1.82) is 0 Å². The molecule has 128 valence electrons. The van der Waals surface area contributed by atoms with Gasteiger partial charge in [0, 0.05) is 26.2 Å². The van der Waals surface area contributed by atoms with Gasteiger partial charge in [0.15, 0.2) is 0 Å². The van der Waals surface area contributed by atoms with E-state index in [0.29, 0.717) is 19.6 Å². The van der Waals surface area contributed by atoms with Gasteiger partial charge in [-0.3, -0.25) is 9.69 Å². The molecule has 1 amide bonds. The maximum atomic E-state index is 12.0. The van der Waals surface area contributed by atoms with E-state index in [0.717, 1.165) is 19.6 Å². The van der Waals surface area contributed by atoms with Gasteiger partial charge >= 0.3 is 0 Å². The summed E-state index contributed by atoms with van der Waals surface area (Å²) in [5.41, 5.74) is 1.28. The van der Waals surface area contributed by atoms with E-state index >= 15 is 0 Å². The van der Waals surface area contributed by atoms with Crippen molar-refractivity contribution in [1.82, 2.24) is 10.2 Å². The number of aliphatic hydroxyl groups excluding tert-OH is 1. The van der Waals surface area contributed by atoms with E-state index in [4.69, 9.17) is 4.74 Å². The molecule has 0 saturated carbocycles. The summed E-state index contributed by atoms with van der Waals surface area (Å²) in [5.74, 6) is 0.0823. The maximum Gasteiger partial charge on any atom is 0.222 e. The summed E-state index contributed by atoms with van der Waals surface area (Å²) in [6.07, 6.45) is -0.236. The third-order valence-electron chi connectivity index (χ3n) is 4.16. The lowest BCUT2D eigenvalue weighted by atomic mass is 10.1. The van der Waals surface area contributed by atoms with Crippen molar-refractivity contribution in [3.05, 3.63) is 35.9 Å². The largest absolute Gasteiger partial charge is 0.391 e. The van der Waals surface area contributed by atoms with Crippen LogP contribution in [-0.4, -0.2) is 54.4 Å². The third kappa shape index (κ3) is 6.29. The van der Waals surface area contributed by atoms with Crippen LogP contribution in [0.4, 0.5) is 0 Å². The standard InChI is InChI=1S/C18H28N2O3/c1-14(2)17(21)11-19-18(22)10-16-13-20(8-9-23-16)12-15-6-4-3-5-7-15/h3-7,14,16-17,21H,8-13H2,1-2H3,(H,19,22). The fraction of sp³-hybridized carbons (Fsp3) is 0.611. The smallest absolute Gasteiger partial charge is 0.222 e. The van der Waals surface area contributed by atoms with Crippen LogP contribution in [0.3, 0.4) is 0 Å². The normalized spacial score (nSPS) is 20.4. The van der Waals surface area contributed by atoms with Gasteiger partial charge in [-0.25, -0.2) is 0 Å². The number of morpholine rings is 1. The minimum absolute atomic E-state index is 0.0590. The Morgan fingerprint density at radius 2 is 2.13 bits per heavy atom. The van der Waals surface area contributed by atoms with Crippen LogP contribution < -0.4 is 5.32 Å². The quantitative estimate of drug-likeness (QED) is 0.797. The molecule has 1 aromatic rings. The van der Waals surface area contributed by atoms with Gasteiger partial charge in [-0.2, -0.15) is 0 Å². The summed E-state index contributed by atoms with van der Waals surface area (Å²) >= 11 is 0. The van der Waals surface area contributed by atoms with Crippen molar-refractivity contribution in [2.45, 2.75) is 39.0 Å². The maximum absolute atomic E-state index is 12.0. The number of amides is 1. The summed E-state index contributed by atoms with van der Waals surface area (Å²) in [4.78, 5) is 14.3. The molecule has 5 heteroatoms. The highest BCUT2D eigenvalue weighted by Gasteiger charge is 2.23. The first kappa shape index (κ1) is 17.9. The van der Waals surface area contributed by atoms with Gasteiger partial charge in [-0.1, -0.05) is 44.2 Å². The van der Waals surface area contributed by atoms with Crippen LogP contribution in [0.1, 0.15) is 25.8 Å². The molecule has 2 rings (SSSR count). The molecule has 1 heterocycles. The zero-order valence-electron chi connectivity index (χ0n) is 14.1. The lowest BCUT2D eigenvalue weighted by Gasteiger charge is -2.32. The number of carbonyl (C=O) groups excluding carboxylic acids is 1. The molecular weight excluding hydrogens is 292 g/mol. The fourth-order valence-corrected chi connectivity index (χ4v) is 2.62. The predicted molar refractivity (Wildman–Crippen MR) is 89.9 cm³/mol. The Morgan fingerprint density at radius 3 is 2.83 bits per heavy atom. The molecule has 1 aromatic carbocycles. The number of carbonyl (C=O) groups is 1. The van der Waals surface area contributed by atoms with E-state index < -0.39 is 6.10 Å². The van der Waals surface area contributed by atoms with Gasteiger partial charge in [-0.05, 0) is 11.5 Å². The van der Waals surface area contributed by atoms with Gasteiger partial charge in [0.25, 0.3) is 0 Å². The molecule has 5 nitrogen and oxygen atoms in total. The summed E-state index contributed by atoms with van der Waals surface area (Å²) in [6.45, 7) is 7.35. The average Bonchev–Trinajstić information content (AvgIpc) is 2.53. The molecule has 0 spiro atoms. The molecule has 0 aliphatic carbocycles. The Bertz CT molecular complexity index is 478. The van der Waals surface area contributed by atoms with Crippen LogP contribution in [-0.2, 0) is 16.1 Å². The number of ether oxygens (including phenoxy) is 1. The Kier molecular flexibility index (Phi) is 7.02. The van der Waals surface area contributed by atoms with Gasteiger partial charge in [0.2, 0.25) is 5.91 Å². The number of benzene rings is 1. The molecule has 1 saturated heterocycles. The number of hydrogen-bond donors (Lipinski definition) is 2. The molecule has 0 radical (unpaired) electrons. The van der Waals surface area contributed by atoms with E-state index in [1.165, 1.54) is 5.56 Å². The molecule has 23 heavy (non-hydrogen) atoms. The summed E-state index contributed by atoms with van der Waals surface area (Å²) < 4.78 is 5.71. The van der Waals surface area contributed by atoms with Crippen molar-refractivity contribution in [2.75, 3.05) is 26.2 Å². The van der Waals surface area contributed by atoms with Crippen LogP contribution in [0.15, 0.2) is 30.3 Å². The second kappa shape index (κ2) is 9.01. The minimum atomic E-state index is -0.499. The molecule has 2 N–H and O–H groups in total. The molecule has 0 bridgehead atoms. The van der Waals surface area contributed by atoms with Crippen LogP contribution in [0.25, 0.3) is 0 Å². The lowest BCUT2D eigenvalue weighted by Crippen LogP contribution is -2.44. The Morgan fingerprint density at radius 1 is 1.39 bits per heavy atom. The number of rotatable bonds is 7. The second-order valence-corrected chi connectivity index (χ2v) is 6.53. The SMILES string of the molecule is CC(C)C(O)CNC(=O)CC1CN(Cc2ccccc2)CCO1. The Hall–Kier alpha value is -1.43. The fourth-order valence-electron chi connectivity index (χ4n) is 2.62. The van der Waals surface area contributed by atoms with Crippen LogP contribution >= 0.6 is 0 Å². The topological polar surface area (TPSA) is 61.8 Å². The number of nitrogens with one attached hydrogen (secondary N) is 1. The molecule has 2 atom stereocenters. The Labute approximate surface area is 138 Å². The highest BCUT2D eigenvalue weighted by molar-refractivity contribution is 5.76. The van der Waals surface area contributed by atoms with E-state index in [9.17, 15) is 9.90 Å². The van der Waals surface area contributed by atoms with E-state index in [2.05, 4.69) is 22.3 Å². The molecule has 1 aliphatic heterocycles. The van der Waals surface area contributed by atoms with E-state index in [1.54, 1.807) is 0 Å². The molecule has 1 aliphatic rings. The average molecular weight is 320 g/mol. The molecular formula is C18H28N2O3. The van der Waals surface area contributed by atoms with Crippen LogP contribution in [0.2, 0.25) is 0 Å². The van der Waals surface area contributed by atoms with Gasteiger partial charge in [-0.15, -0.1) is 0 Å². The monoisotopic (exact) mass is 320 g/mol. The molecule has 1 fully saturated rings. The highest BCUT2D eigenvalue weighted by atomic mass is 16.5. The number of aliphatic hydroxyl groups is 1. The van der Waals surface area contributed by atoms with E-state index in [1.807, 2.05) is 32.0 Å². The first-order valence-electron chi connectivity index (χ1n) is 8.37. The second-order valence-electron chi connectivity index (χ2n) is 6.53. The number of hydrogen-bond acceptors (Lipinski definition) is 4. The third-order valence-corrected chi connectivity index (χ3v) is 4.16. The van der Waals surface area contributed by atoms with Crippen molar-refractivity contribution < 1.29 is 14.6 Å². The first-order chi connectivity index (χ1) is 11.0. The predicted octanol–water partition coefficient (Wildman–Crippen LogP) is 1.41. The summed E-state index contributed by atoms with van der Waals surface area (Å²) in [5, 5.41) is 12.5. The van der Waals surface area contributed by atoms with Crippen molar-refractivity contribution in [2.24, 2.45) is 5.92 Å². The summed E-state index contributed by atoms with van der Waals surface area (Å²) in [6, 6.07) is 10.3. The molecule has 0 aromatic heterocycles. The minimum Gasteiger partial charge on any atom is -0.391 e. The molecule has 2 unspecified atom stereocenters. The Balaban J connectivity index is 1.74. The lowest BCUT2D eigenvalue weighted by molar-refractivity contribution is -0.126. The zero-order valence-corrected chi connectivity index (χ0v) is 14.1. The number of nitrogens with zero attached hydrogens (tertiary/aromatic N) is 1. The summed E-state index contributed by atoms with van der Waals surface area (Å²) in [7, 11) is 0. The van der Waals surface area contributed by atoms with Gasteiger partial charge in [0.1, 0.15) is 0 Å². The van der Waals surface area contributed by atoms with Crippen LogP contribution in [0, 0.1) is 5.92 Å². The highest BCUT2D eigenvalue weighted by Crippen LogP contribution is 2.12. The van der Waals surface area contributed by atoms with Crippen LogP contribution in [0.5, 0.6) is 0 Å². The van der Waals surface area contributed by atoms with Gasteiger partial charge in [0.05, 0.1) is 25.2 Å². The van der Waals surface area contributed by atoms with Crippen molar-refractivity contribution in [3.63, 3.8) is 0 Å². The zero-order chi connectivity index (χ0) is 16.7. The van der Waals surface area contributed by atoms with Crippen molar-refractivity contribution >= 4 is 5.91 Å².